The molecule has 2 aliphatic rings. The molecule has 0 saturated carbocycles. The molecule has 38 heavy (non-hydrogen) atoms. The third-order valence-electron chi connectivity index (χ3n) is 7.10. The van der Waals surface area contributed by atoms with Crippen molar-refractivity contribution in [3.8, 4) is 17.5 Å². The highest BCUT2D eigenvalue weighted by Crippen LogP contribution is 2.36. The summed E-state index contributed by atoms with van der Waals surface area (Å²) in [5, 5.41) is 13.7. The third-order valence-corrected chi connectivity index (χ3v) is 7.71. The number of benzene rings is 2. The average Bonchev–Trinajstić information content (AvgIpc) is 2.86. The molecule has 4 heterocycles. The Morgan fingerprint density at radius 1 is 1.16 bits per heavy atom. The summed E-state index contributed by atoms with van der Waals surface area (Å²) >= 11 is 12.6. The minimum Gasteiger partial charge on any atom is -0.495 e. The first-order valence-corrected chi connectivity index (χ1v) is 12.9. The predicted octanol–water partition coefficient (Wildman–Crippen LogP) is 4.61. The number of nitrogens with zero attached hydrogens (tertiary/aromatic N) is 6. The molecule has 0 radical (unpaired) electrons. The van der Waals surface area contributed by atoms with Crippen LogP contribution < -0.4 is 20.5 Å². The van der Waals surface area contributed by atoms with Gasteiger partial charge >= 0.3 is 0 Å². The van der Waals surface area contributed by atoms with Crippen molar-refractivity contribution in [2.24, 2.45) is 0 Å². The van der Waals surface area contributed by atoms with Crippen LogP contribution in [0.1, 0.15) is 12.0 Å². The lowest BCUT2D eigenvalue weighted by atomic mass is 10.0. The molecule has 192 valence electrons. The van der Waals surface area contributed by atoms with E-state index in [1.165, 1.54) is 36.5 Å². The lowest BCUT2D eigenvalue weighted by Gasteiger charge is -2.50. The number of aromatic nitrogens is 3. The maximum Gasteiger partial charge on any atom is 0.266 e. The fourth-order valence-corrected chi connectivity index (χ4v) is 5.46. The van der Waals surface area contributed by atoms with Crippen LogP contribution >= 0.6 is 23.2 Å². The number of likely N-dealkylation sites (tertiary alicyclic amines) is 1. The van der Waals surface area contributed by atoms with Gasteiger partial charge in [-0.15, -0.1) is 0 Å². The maximum atomic E-state index is 13.3. The molecule has 4 aromatic rings. The Labute approximate surface area is 228 Å². The first kappa shape index (κ1) is 24.5. The van der Waals surface area contributed by atoms with Crippen molar-refractivity contribution in [1.29, 1.82) is 5.26 Å². The van der Waals surface area contributed by atoms with Gasteiger partial charge in [0, 0.05) is 43.3 Å². The summed E-state index contributed by atoms with van der Waals surface area (Å²) in [6.07, 6.45) is 4.09. The van der Waals surface area contributed by atoms with E-state index >= 15 is 0 Å². The van der Waals surface area contributed by atoms with Crippen LogP contribution in [0.3, 0.4) is 0 Å². The molecule has 0 atom stereocenters. The van der Waals surface area contributed by atoms with E-state index in [9.17, 15) is 10.1 Å². The smallest absolute Gasteiger partial charge is 0.266 e. The second kappa shape index (κ2) is 9.80. The highest BCUT2D eigenvalue weighted by atomic mass is 35.5. The van der Waals surface area contributed by atoms with Crippen molar-refractivity contribution in [3.63, 3.8) is 0 Å². The fourth-order valence-electron chi connectivity index (χ4n) is 4.88. The monoisotopic (exact) mass is 547 g/mol. The van der Waals surface area contributed by atoms with Crippen molar-refractivity contribution in [3.05, 3.63) is 74.8 Å². The van der Waals surface area contributed by atoms with E-state index in [2.05, 4.69) is 31.2 Å². The number of nitriles is 1. The van der Waals surface area contributed by atoms with Gasteiger partial charge in [-0.05, 0) is 43.8 Å². The molecule has 0 aliphatic carbocycles. The number of fused-ring (bicyclic) bond motifs is 1. The Morgan fingerprint density at radius 3 is 2.58 bits per heavy atom. The highest BCUT2D eigenvalue weighted by molar-refractivity contribution is 6.37. The standard InChI is InChI=1S/C27H23Cl2N7O2/c1-38-23-10-17(6-7-22(23)35-14-18(15-35)34-8-3-9-34)32-27-31-12-19-24(33-27)16(11-30)13-36(26(19)37)25-20(28)4-2-5-21(25)29/h2,4-7,10,12-13,18H,3,8-9,14-15H2,1H3,(H,31,32,33). The lowest BCUT2D eigenvalue weighted by molar-refractivity contribution is 0.0975. The molecule has 0 unspecified atom stereocenters. The van der Waals surface area contributed by atoms with Crippen molar-refractivity contribution in [2.45, 2.75) is 12.5 Å². The minimum atomic E-state index is -0.433. The third kappa shape index (κ3) is 4.21. The van der Waals surface area contributed by atoms with Gasteiger partial charge in [-0.3, -0.25) is 14.3 Å². The number of rotatable bonds is 6. The second-order valence-corrected chi connectivity index (χ2v) is 10.1. The molecular formula is C27H23Cl2N7O2. The van der Waals surface area contributed by atoms with Gasteiger partial charge in [-0.2, -0.15) is 5.26 Å². The van der Waals surface area contributed by atoms with Gasteiger partial charge in [0.25, 0.3) is 5.56 Å². The normalized spacial score (nSPS) is 15.6. The Hall–Kier alpha value is -3.84. The molecule has 2 aromatic carbocycles. The van der Waals surface area contributed by atoms with Crippen molar-refractivity contribution in [2.75, 3.05) is 43.5 Å². The number of ether oxygens (including phenoxy) is 1. The second-order valence-electron chi connectivity index (χ2n) is 9.32. The zero-order valence-corrected chi connectivity index (χ0v) is 22.0. The first-order valence-electron chi connectivity index (χ1n) is 12.2. The van der Waals surface area contributed by atoms with Crippen LogP contribution in [0.5, 0.6) is 5.75 Å². The topological polar surface area (TPSA) is 99.3 Å². The number of anilines is 3. The van der Waals surface area contributed by atoms with Gasteiger partial charge in [0.05, 0.1) is 39.5 Å². The Kier molecular flexibility index (Phi) is 6.32. The van der Waals surface area contributed by atoms with Gasteiger partial charge in [0.15, 0.2) is 0 Å². The molecular weight excluding hydrogens is 525 g/mol. The van der Waals surface area contributed by atoms with Gasteiger partial charge in [-0.25, -0.2) is 9.97 Å². The quantitative estimate of drug-likeness (QED) is 0.373. The van der Waals surface area contributed by atoms with Crippen LogP contribution in [0.15, 0.2) is 53.6 Å². The van der Waals surface area contributed by atoms with Crippen molar-refractivity contribution in [1.82, 2.24) is 19.4 Å². The van der Waals surface area contributed by atoms with Crippen molar-refractivity contribution < 1.29 is 4.74 Å². The number of halogens is 2. The van der Waals surface area contributed by atoms with E-state index in [-0.39, 0.29) is 32.5 Å². The van der Waals surface area contributed by atoms with E-state index in [0.717, 1.165) is 30.2 Å². The summed E-state index contributed by atoms with van der Waals surface area (Å²) in [6, 6.07) is 13.5. The van der Waals surface area contributed by atoms with Crippen LogP contribution in [0, 0.1) is 11.3 Å². The summed E-state index contributed by atoms with van der Waals surface area (Å²) in [7, 11) is 1.65. The van der Waals surface area contributed by atoms with Crippen LogP contribution in [0.4, 0.5) is 17.3 Å². The zero-order chi connectivity index (χ0) is 26.4. The van der Waals surface area contributed by atoms with Gasteiger partial charge in [0.1, 0.15) is 17.3 Å². The molecule has 2 fully saturated rings. The Morgan fingerprint density at radius 2 is 1.92 bits per heavy atom. The molecule has 2 aromatic heterocycles. The van der Waals surface area contributed by atoms with Crippen LogP contribution in [-0.2, 0) is 0 Å². The molecule has 6 rings (SSSR count). The number of hydrogen-bond acceptors (Lipinski definition) is 8. The zero-order valence-electron chi connectivity index (χ0n) is 20.5. The fraction of sp³-hybridized carbons (Fsp3) is 0.259. The SMILES string of the molecule is COc1cc(Nc2ncc3c(=O)n(-c4c(Cl)cccc4Cl)cc(C#N)c3n2)ccc1N1CC(N2CCC2)C1. The summed E-state index contributed by atoms with van der Waals surface area (Å²) in [5.74, 6) is 0.994. The van der Waals surface area contributed by atoms with E-state index in [0.29, 0.717) is 11.7 Å². The van der Waals surface area contributed by atoms with Gasteiger partial charge in [-0.1, -0.05) is 29.3 Å². The molecule has 1 N–H and O–H groups in total. The molecule has 9 nitrogen and oxygen atoms in total. The van der Waals surface area contributed by atoms with E-state index in [1.807, 2.05) is 18.2 Å². The first-order chi connectivity index (χ1) is 18.5. The largest absolute Gasteiger partial charge is 0.495 e. The maximum absolute atomic E-state index is 13.3. The molecule has 11 heteroatoms. The van der Waals surface area contributed by atoms with E-state index in [4.69, 9.17) is 27.9 Å². The molecule has 0 amide bonds. The van der Waals surface area contributed by atoms with Crippen LogP contribution in [0.2, 0.25) is 10.0 Å². The predicted molar refractivity (Wildman–Crippen MR) is 148 cm³/mol. The Bertz CT molecular complexity index is 1640. The number of para-hydroxylation sites is 1. The number of pyridine rings is 1. The van der Waals surface area contributed by atoms with E-state index < -0.39 is 5.56 Å². The van der Waals surface area contributed by atoms with Crippen LogP contribution in [-0.4, -0.2) is 58.8 Å². The average molecular weight is 548 g/mol. The summed E-state index contributed by atoms with van der Waals surface area (Å²) < 4.78 is 6.93. The highest BCUT2D eigenvalue weighted by Gasteiger charge is 2.35. The van der Waals surface area contributed by atoms with Gasteiger partial charge in [0.2, 0.25) is 5.95 Å². The number of methoxy groups -OCH3 is 1. The molecule has 0 spiro atoms. The summed E-state index contributed by atoms with van der Waals surface area (Å²) in [6.45, 7) is 4.37. The Balaban J connectivity index is 1.29. The minimum absolute atomic E-state index is 0.174. The lowest BCUT2D eigenvalue weighted by Crippen LogP contribution is -2.62. The van der Waals surface area contributed by atoms with Gasteiger partial charge < -0.3 is 15.0 Å². The van der Waals surface area contributed by atoms with Crippen molar-refractivity contribution >= 4 is 51.4 Å². The molecule has 2 aliphatic heterocycles. The molecule has 0 bridgehead atoms. The number of hydrogen-bond donors (Lipinski definition) is 1. The van der Waals surface area contributed by atoms with Crippen LogP contribution in [0.25, 0.3) is 16.6 Å². The summed E-state index contributed by atoms with van der Waals surface area (Å²) in [5.41, 5.74) is 2.04. The number of nitrogens with one attached hydrogen (secondary N) is 1. The summed E-state index contributed by atoms with van der Waals surface area (Å²) in [4.78, 5) is 26.9. The van der Waals surface area contributed by atoms with E-state index in [1.54, 1.807) is 25.3 Å². The molecule has 2 saturated heterocycles.